The van der Waals surface area contributed by atoms with Crippen LogP contribution in [0.4, 0.5) is 9.18 Å². The number of aromatic amines is 1. The maximum absolute atomic E-state index is 14.8. The first-order valence-electron chi connectivity index (χ1n) is 12.5. The third-order valence-electron chi connectivity index (χ3n) is 6.78. The van der Waals surface area contributed by atoms with Gasteiger partial charge in [-0.05, 0) is 41.5 Å². The quantitative estimate of drug-likeness (QED) is 0.209. The molecule has 1 aliphatic rings. The summed E-state index contributed by atoms with van der Waals surface area (Å²) in [4.78, 5) is 35.8. The van der Waals surface area contributed by atoms with E-state index in [1.165, 1.54) is 18.2 Å². The molecule has 4 aromatic rings. The molecule has 5 rings (SSSR count). The summed E-state index contributed by atoms with van der Waals surface area (Å²) in [7, 11) is 0. The summed E-state index contributed by atoms with van der Waals surface area (Å²) in [5.41, 5.74) is 1.77. The minimum atomic E-state index is -0.941. The molecule has 3 atom stereocenters. The molecule has 1 saturated heterocycles. The summed E-state index contributed by atoms with van der Waals surface area (Å²) in [6.45, 7) is 1.89. The number of carbonyl (C=O) groups is 2. The van der Waals surface area contributed by atoms with Crippen LogP contribution < -0.4 is 10.1 Å². The summed E-state index contributed by atoms with van der Waals surface area (Å²) >= 11 is 12.4. The van der Waals surface area contributed by atoms with Gasteiger partial charge in [-0.1, -0.05) is 72.6 Å². The lowest BCUT2D eigenvalue weighted by molar-refractivity contribution is -0.129. The van der Waals surface area contributed by atoms with E-state index in [9.17, 15) is 14.0 Å². The van der Waals surface area contributed by atoms with E-state index < -0.39 is 35.8 Å². The highest BCUT2D eigenvalue weighted by molar-refractivity contribution is 6.32. The zero-order valence-corrected chi connectivity index (χ0v) is 22.8. The molecule has 1 fully saturated rings. The molecule has 3 aromatic carbocycles. The van der Waals surface area contributed by atoms with E-state index in [1.807, 2.05) is 37.3 Å². The van der Waals surface area contributed by atoms with Gasteiger partial charge in [-0.15, -0.1) is 0 Å². The Hall–Kier alpha value is -3.92. The molecule has 1 aliphatic heterocycles. The number of imide groups is 1. The number of aliphatic hydroxyl groups is 1. The number of ether oxygens (including phenoxy) is 1. The summed E-state index contributed by atoms with van der Waals surface area (Å²) in [5, 5.41) is 11.9. The number of amides is 3. The highest BCUT2D eigenvalue weighted by Gasteiger charge is 2.46. The molecule has 40 heavy (non-hydrogen) atoms. The fourth-order valence-electron chi connectivity index (χ4n) is 4.80. The van der Waals surface area contributed by atoms with Crippen LogP contribution in [0.25, 0.3) is 11.3 Å². The molecule has 206 valence electrons. The van der Waals surface area contributed by atoms with Crippen LogP contribution >= 0.6 is 23.2 Å². The minimum Gasteiger partial charge on any atom is -0.491 e. The molecule has 0 radical (unpaired) electrons. The van der Waals surface area contributed by atoms with Crippen molar-refractivity contribution in [1.82, 2.24) is 20.2 Å². The lowest BCUT2D eigenvalue weighted by Crippen LogP contribution is -2.38. The largest absolute Gasteiger partial charge is 0.491 e. The minimum absolute atomic E-state index is 0.0106. The Morgan fingerprint density at radius 3 is 2.48 bits per heavy atom. The van der Waals surface area contributed by atoms with Crippen LogP contribution in [-0.4, -0.2) is 45.1 Å². The zero-order chi connectivity index (χ0) is 28.4. The van der Waals surface area contributed by atoms with Crippen molar-refractivity contribution in [2.24, 2.45) is 0 Å². The normalized spacial score (nSPS) is 16.6. The fraction of sp³-hybridized carbons (Fsp3) is 0.207. The van der Waals surface area contributed by atoms with Crippen molar-refractivity contribution in [2.45, 2.75) is 24.9 Å². The Balaban J connectivity index is 1.53. The van der Waals surface area contributed by atoms with Crippen LogP contribution in [0.3, 0.4) is 0 Å². The van der Waals surface area contributed by atoms with Crippen LogP contribution in [-0.2, 0) is 4.79 Å². The first-order chi connectivity index (χ1) is 19.3. The van der Waals surface area contributed by atoms with Gasteiger partial charge in [0.05, 0.1) is 12.3 Å². The molecule has 1 aromatic heterocycles. The molecule has 1 unspecified atom stereocenters. The molecule has 11 heteroatoms. The summed E-state index contributed by atoms with van der Waals surface area (Å²) in [6.07, 6.45) is 0. The van der Waals surface area contributed by atoms with Crippen LogP contribution in [0.5, 0.6) is 5.75 Å². The van der Waals surface area contributed by atoms with E-state index in [1.54, 1.807) is 24.3 Å². The van der Waals surface area contributed by atoms with Crippen molar-refractivity contribution in [3.05, 3.63) is 106 Å². The third kappa shape index (κ3) is 5.40. The maximum atomic E-state index is 14.8. The predicted octanol–water partition coefficient (Wildman–Crippen LogP) is 6.03. The molecule has 0 spiro atoms. The van der Waals surface area contributed by atoms with Crippen LogP contribution in [0.1, 0.15) is 41.9 Å². The lowest BCUT2D eigenvalue weighted by Gasteiger charge is -2.29. The Bertz CT molecular complexity index is 1530. The van der Waals surface area contributed by atoms with Crippen LogP contribution in [0.15, 0.2) is 72.8 Å². The van der Waals surface area contributed by atoms with E-state index >= 15 is 0 Å². The second-order valence-electron chi connectivity index (χ2n) is 9.29. The van der Waals surface area contributed by atoms with Gasteiger partial charge in [-0.3, -0.25) is 9.69 Å². The molecular weight excluding hydrogens is 558 g/mol. The second kappa shape index (κ2) is 11.7. The van der Waals surface area contributed by atoms with E-state index in [2.05, 4.69) is 15.3 Å². The van der Waals surface area contributed by atoms with Crippen molar-refractivity contribution in [3.8, 4) is 17.0 Å². The number of imidazole rings is 1. The number of nitrogens with zero attached hydrogens (tertiary/aromatic N) is 2. The molecule has 0 aliphatic carbocycles. The van der Waals surface area contributed by atoms with Crippen molar-refractivity contribution in [3.63, 3.8) is 0 Å². The van der Waals surface area contributed by atoms with Gasteiger partial charge in [0, 0.05) is 16.5 Å². The standard InChI is InChI=1S/C29H25Cl2FN4O4/c1-16(17-5-3-2-4-6-17)25(27-33-24(26(31)35-27)21-12-9-19(30)15-22(21)32)36-28(38)23(34-29(36)39)18-7-10-20(11-8-18)40-14-13-37/h2-12,15-16,23,25,37H,13-14H2,1H3,(H,33,35)(H,34,39)/t16-,23?,25-/m0/s1. The lowest BCUT2D eigenvalue weighted by atomic mass is 9.91. The van der Waals surface area contributed by atoms with Gasteiger partial charge in [0.25, 0.3) is 5.91 Å². The average molecular weight is 583 g/mol. The molecule has 0 saturated carbocycles. The number of aliphatic hydroxyl groups excluding tert-OH is 1. The molecule has 3 amide bonds. The van der Waals surface area contributed by atoms with Gasteiger partial charge in [-0.25, -0.2) is 14.2 Å². The zero-order valence-electron chi connectivity index (χ0n) is 21.3. The molecule has 2 heterocycles. The number of rotatable bonds is 9. The summed E-state index contributed by atoms with van der Waals surface area (Å²) in [6, 6.07) is 17.8. The van der Waals surface area contributed by atoms with Crippen LogP contribution in [0.2, 0.25) is 10.2 Å². The van der Waals surface area contributed by atoms with Crippen LogP contribution in [0, 0.1) is 5.82 Å². The monoisotopic (exact) mass is 582 g/mol. The Labute approximate surface area is 239 Å². The number of H-pyrrole nitrogens is 1. The number of nitrogens with one attached hydrogen (secondary N) is 2. The van der Waals surface area contributed by atoms with Gasteiger partial charge >= 0.3 is 6.03 Å². The smallest absolute Gasteiger partial charge is 0.325 e. The Kier molecular flexibility index (Phi) is 8.07. The van der Waals surface area contributed by atoms with Gasteiger partial charge in [0.2, 0.25) is 0 Å². The van der Waals surface area contributed by atoms with Crippen molar-refractivity contribution < 1.29 is 23.8 Å². The van der Waals surface area contributed by atoms with E-state index in [4.69, 9.17) is 33.0 Å². The number of hydrogen-bond acceptors (Lipinski definition) is 5. The number of benzene rings is 3. The Morgan fingerprint density at radius 2 is 1.80 bits per heavy atom. The highest BCUT2D eigenvalue weighted by atomic mass is 35.5. The second-order valence-corrected chi connectivity index (χ2v) is 10.1. The first kappa shape index (κ1) is 27.6. The number of carbonyl (C=O) groups excluding carboxylic acids is 2. The number of urea groups is 1. The SMILES string of the molecule is C[C@@H](c1ccccc1)[C@@H](c1nc(Cl)c(-c2ccc(Cl)cc2F)[nH]1)N1C(=O)NC(c2ccc(OCCO)cc2)C1=O. The van der Waals surface area contributed by atoms with E-state index in [0.29, 0.717) is 11.3 Å². The van der Waals surface area contributed by atoms with Gasteiger partial charge in [-0.2, -0.15) is 0 Å². The fourth-order valence-corrected chi connectivity index (χ4v) is 5.20. The molecule has 0 bridgehead atoms. The van der Waals surface area contributed by atoms with Gasteiger partial charge in [0.1, 0.15) is 36.1 Å². The summed E-state index contributed by atoms with van der Waals surface area (Å²) in [5.74, 6) is -0.738. The number of aromatic nitrogens is 2. The van der Waals surface area contributed by atoms with Crippen molar-refractivity contribution in [1.29, 1.82) is 0 Å². The van der Waals surface area contributed by atoms with E-state index in [-0.39, 0.29) is 40.5 Å². The predicted molar refractivity (Wildman–Crippen MR) is 149 cm³/mol. The molecular formula is C29H25Cl2FN4O4. The topological polar surface area (TPSA) is 108 Å². The molecule has 8 nitrogen and oxygen atoms in total. The average Bonchev–Trinajstić information content (AvgIpc) is 3.47. The first-order valence-corrected chi connectivity index (χ1v) is 13.3. The summed E-state index contributed by atoms with van der Waals surface area (Å²) < 4.78 is 20.2. The number of hydrogen-bond donors (Lipinski definition) is 3. The van der Waals surface area contributed by atoms with E-state index in [0.717, 1.165) is 10.5 Å². The Morgan fingerprint density at radius 1 is 1.07 bits per heavy atom. The third-order valence-corrected chi connectivity index (χ3v) is 7.29. The molecule has 3 N–H and O–H groups in total. The number of halogens is 3. The van der Waals surface area contributed by atoms with Gasteiger partial charge in [0.15, 0.2) is 5.15 Å². The van der Waals surface area contributed by atoms with Gasteiger partial charge < -0.3 is 20.1 Å². The maximum Gasteiger partial charge on any atom is 0.325 e. The van der Waals surface area contributed by atoms with Crippen molar-refractivity contribution >= 4 is 35.1 Å². The van der Waals surface area contributed by atoms with Crippen molar-refractivity contribution in [2.75, 3.05) is 13.2 Å². The highest BCUT2D eigenvalue weighted by Crippen LogP contribution is 2.41.